The molecule has 0 atom stereocenters. The van der Waals surface area contributed by atoms with Crippen molar-refractivity contribution in [1.29, 1.82) is 0 Å². The number of hydrogen-bond donors (Lipinski definition) is 1. The van der Waals surface area contributed by atoms with Gasteiger partial charge in [-0.25, -0.2) is 13.2 Å². The van der Waals surface area contributed by atoms with Crippen LogP contribution in [0.2, 0.25) is 5.02 Å². The summed E-state index contributed by atoms with van der Waals surface area (Å²) in [4.78, 5) is 12.2. The van der Waals surface area contributed by atoms with Gasteiger partial charge in [-0.05, 0) is 70.2 Å². The van der Waals surface area contributed by atoms with E-state index < -0.39 is 21.1 Å². The third-order valence-electron chi connectivity index (χ3n) is 6.38. The number of carboxylic acids is 1. The van der Waals surface area contributed by atoms with Gasteiger partial charge in [-0.1, -0.05) is 30.9 Å². The number of aromatic carboxylic acids is 1. The van der Waals surface area contributed by atoms with E-state index in [0.717, 1.165) is 30.4 Å². The van der Waals surface area contributed by atoms with Gasteiger partial charge < -0.3 is 14.4 Å². The third-order valence-corrected chi connectivity index (χ3v) is 9.50. The van der Waals surface area contributed by atoms with Crippen LogP contribution in [0.4, 0.5) is 0 Å². The number of aromatic nitrogens is 1. The SMILES string of the molecule is Cc1cc(OCCCn2c(C)c(S(=O)(=O)C3CCCCC3)c(C)c2C(=O)O)cc(C)c1Cl. The molecule has 1 heterocycles. The monoisotopic (exact) mass is 481 g/mol. The van der Waals surface area contributed by atoms with Gasteiger partial charge in [-0.15, -0.1) is 0 Å². The van der Waals surface area contributed by atoms with E-state index in [1.807, 2.05) is 26.0 Å². The normalized spacial score (nSPS) is 15.2. The molecule has 176 valence electrons. The minimum atomic E-state index is -3.57. The van der Waals surface area contributed by atoms with E-state index in [0.29, 0.717) is 54.4 Å². The van der Waals surface area contributed by atoms with Crippen LogP contribution in [0.15, 0.2) is 17.0 Å². The number of halogens is 1. The van der Waals surface area contributed by atoms with Crippen LogP contribution in [-0.4, -0.2) is 35.9 Å². The summed E-state index contributed by atoms with van der Waals surface area (Å²) in [5, 5.41) is 10.1. The molecule has 0 amide bonds. The lowest BCUT2D eigenvalue weighted by Gasteiger charge is -2.22. The van der Waals surface area contributed by atoms with Crippen molar-refractivity contribution >= 4 is 27.4 Å². The lowest BCUT2D eigenvalue weighted by atomic mass is 10.0. The Bertz CT molecular complexity index is 1090. The predicted molar refractivity (Wildman–Crippen MR) is 126 cm³/mol. The molecule has 8 heteroatoms. The average molecular weight is 482 g/mol. The van der Waals surface area contributed by atoms with Crippen molar-refractivity contribution in [3.63, 3.8) is 0 Å². The van der Waals surface area contributed by atoms with Gasteiger partial charge in [0.1, 0.15) is 11.4 Å². The number of aryl methyl sites for hydroxylation is 2. The molecule has 1 aliphatic rings. The highest BCUT2D eigenvalue weighted by Crippen LogP contribution is 2.35. The van der Waals surface area contributed by atoms with E-state index in [9.17, 15) is 18.3 Å². The number of sulfone groups is 1. The molecular formula is C24H32ClNO5S. The summed E-state index contributed by atoms with van der Waals surface area (Å²) in [6.45, 7) is 7.89. The summed E-state index contributed by atoms with van der Waals surface area (Å²) in [5.41, 5.74) is 2.76. The number of ether oxygens (including phenoxy) is 1. The zero-order chi connectivity index (χ0) is 23.6. The molecule has 0 aliphatic heterocycles. The van der Waals surface area contributed by atoms with E-state index in [1.54, 1.807) is 18.4 Å². The van der Waals surface area contributed by atoms with E-state index in [1.165, 1.54) is 0 Å². The summed E-state index contributed by atoms with van der Waals surface area (Å²) >= 11 is 6.20. The third kappa shape index (κ3) is 4.84. The number of carbonyl (C=O) groups is 1. The van der Waals surface area contributed by atoms with E-state index in [-0.39, 0.29) is 10.6 Å². The van der Waals surface area contributed by atoms with E-state index >= 15 is 0 Å². The van der Waals surface area contributed by atoms with Crippen molar-refractivity contribution in [2.75, 3.05) is 6.61 Å². The van der Waals surface area contributed by atoms with Crippen LogP contribution in [-0.2, 0) is 16.4 Å². The van der Waals surface area contributed by atoms with Gasteiger partial charge in [0.15, 0.2) is 9.84 Å². The minimum absolute atomic E-state index is 0.0510. The van der Waals surface area contributed by atoms with Crippen LogP contribution < -0.4 is 4.74 Å². The number of hydrogen-bond acceptors (Lipinski definition) is 4. The lowest BCUT2D eigenvalue weighted by Crippen LogP contribution is -2.25. The molecule has 0 spiro atoms. The van der Waals surface area contributed by atoms with Gasteiger partial charge >= 0.3 is 5.97 Å². The van der Waals surface area contributed by atoms with Crippen molar-refractivity contribution in [2.24, 2.45) is 0 Å². The van der Waals surface area contributed by atoms with Crippen molar-refractivity contribution in [2.45, 2.75) is 82.9 Å². The maximum atomic E-state index is 13.4. The molecule has 2 aromatic rings. The molecule has 6 nitrogen and oxygen atoms in total. The maximum absolute atomic E-state index is 13.4. The molecular weight excluding hydrogens is 450 g/mol. The Kier molecular flexibility index (Phi) is 7.61. The van der Waals surface area contributed by atoms with Crippen molar-refractivity contribution in [3.8, 4) is 5.75 Å². The van der Waals surface area contributed by atoms with Crippen LogP contribution in [0.3, 0.4) is 0 Å². The first kappa shape index (κ1) is 24.6. The van der Waals surface area contributed by atoms with Crippen LogP contribution in [0.25, 0.3) is 0 Å². The Morgan fingerprint density at radius 3 is 2.28 bits per heavy atom. The molecule has 3 rings (SSSR count). The molecule has 1 aromatic carbocycles. The number of carboxylic acid groups (broad SMARTS) is 1. The highest BCUT2D eigenvalue weighted by atomic mass is 35.5. The molecule has 1 fully saturated rings. The van der Waals surface area contributed by atoms with Crippen LogP contribution in [0.5, 0.6) is 5.75 Å². The lowest BCUT2D eigenvalue weighted by molar-refractivity contribution is 0.0683. The Morgan fingerprint density at radius 1 is 1.12 bits per heavy atom. The Hall–Kier alpha value is -1.99. The predicted octanol–water partition coefficient (Wildman–Crippen LogP) is 5.65. The number of benzene rings is 1. The first-order valence-corrected chi connectivity index (χ1v) is 13.0. The van der Waals surface area contributed by atoms with Crippen molar-refractivity contribution < 1.29 is 23.1 Å². The fraction of sp³-hybridized carbons (Fsp3) is 0.542. The first-order valence-electron chi connectivity index (χ1n) is 11.1. The molecule has 0 saturated heterocycles. The molecule has 1 N–H and O–H groups in total. The Morgan fingerprint density at radius 2 is 1.72 bits per heavy atom. The molecule has 32 heavy (non-hydrogen) atoms. The summed E-state index contributed by atoms with van der Waals surface area (Å²) in [6, 6.07) is 3.75. The van der Waals surface area contributed by atoms with E-state index in [2.05, 4.69) is 0 Å². The summed E-state index contributed by atoms with van der Waals surface area (Å²) in [7, 11) is -3.57. The Balaban J connectivity index is 1.81. The Labute approximate surface area is 195 Å². The largest absolute Gasteiger partial charge is 0.494 e. The van der Waals surface area contributed by atoms with Gasteiger partial charge in [-0.3, -0.25) is 0 Å². The zero-order valence-corrected chi connectivity index (χ0v) is 20.8. The molecule has 1 aliphatic carbocycles. The summed E-state index contributed by atoms with van der Waals surface area (Å²) < 4.78 is 34.2. The molecule has 1 aromatic heterocycles. The highest BCUT2D eigenvalue weighted by Gasteiger charge is 2.35. The minimum Gasteiger partial charge on any atom is -0.494 e. The van der Waals surface area contributed by atoms with Gasteiger partial charge in [-0.2, -0.15) is 0 Å². The van der Waals surface area contributed by atoms with Gasteiger partial charge in [0.05, 0.1) is 16.8 Å². The van der Waals surface area contributed by atoms with Crippen LogP contribution in [0, 0.1) is 27.7 Å². The average Bonchev–Trinajstić information content (AvgIpc) is 3.00. The highest BCUT2D eigenvalue weighted by molar-refractivity contribution is 7.92. The molecule has 0 bridgehead atoms. The fourth-order valence-electron chi connectivity index (χ4n) is 4.79. The quantitative estimate of drug-likeness (QED) is 0.492. The standard InChI is InChI=1S/C24H32ClNO5S/c1-15-13-19(14-16(2)21(15)25)31-12-8-11-26-18(4)23(17(3)22(26)24(27)28)32(29,30)20-9-6-5-7-10-20/h13-14,20H,5-12H2,1-4H3,(H,27,28). The van der Waals surface area contributed by atoms with Crippen molar-refractivity contribution in [1.82, 2.24) is 4.57 Å². The molecule has 0 unspecified atom stereocenters. The summed E-state index contributed by atoms with van der Waals surface area (Å²) in [5.74, 6) is -0.399. The van der Waals surface area contributed by atoms with E-state index in [4.69, 9.17) is 16.3 Å². The second kappa shape index (κ2) is 9.87. The fourth-order valence-corrected chi connectivity index (χ4v) is 7.23. The molecule has 0 radical (unpaired) electrons. The second-order valence-electron chi connectivity index (χ2n) is 8.72. The first-order chi connectivity index (χ1) is 15.1. The number of rotatable bonds is 8. The molecule has 1 saturated carbocycles. The van der Waals surface area contributed by atoms with Gasteiger partial charge in [0.2, 0.25) is 0 Å². The maximum Gasteiger partial charge on any atom is 0.352 e. The van der Waals surface area contributed by atoms with Crippen LogP contribution in [0.1, 0.15) is 71.4 Å². The van der Waals surface area contributed by atoms with Crippen LogP contribution >= 0.6 is 11.6 Å². The zero-order valence-electron chi connectivity index (χ0n) is 19.2. The van der Waals surface area contributed by atoms with Gasteiger partial charge in [0, 0.05) is 22.8 Å². The number of nitrogens with zero attached hydrogens (tertiary/aromatic N) is 1. The van der Waals surface area contributed by atoms with Gasteiger partial charge in [0.25, 0.3) is 0 Å². The second-order valence-corrected chi connectivity index (χ2v) is 11.3. The summed E-state index contributed by atoms with van der Waals surface area (Å²) in [6.07, 6.45) is 4.67. The topological polar surface area (TPSA) is 85.6 Å². The smallest absolute Gasteiger partial charge is 0.352 e. The van der Waals surface area contributed by atoms with Crippen molar-refractivity contribution in [3.05, 3.63) is 45.2 Å².